The minimum absolute atomic E-state index is 0.104. The second-order valence-electron chi connectivity index (χ2n) is 5.93. The van der Waals surface area contributed by atoms with E-state index < -0.39 is 17.7 Å². The highest BCUT2D eigenvalue weighted by atomic mass is 79.9. The van der Waals surface area contributed by atoms with Crippen molar-refractivity contribution in [3.05, 3.63) is 39.5 Å². The molecule has 1 aromatic carbocycles. The number of benzene rings is 1. The Labute approximate surface area is 148 Å². The molecule has 0 bridgehead atoms. The van der Waals surface area contributed by atoms with Gasteiger partial charge in [0.15, 0.2) is 11.5 Å². The van der Waals surface area contributed by atoms with Crippen LogP contribution in [0.15, 0.2) is 16.6 Å². The van der Waals surface area contributed by atoms with Gasteiger partial charge in [0, 0.05) is 15.9 Å². The van der Waals surface area contributed by atoms with E-state index in [9.17, 15) is 17.6 Å². The third-order valence-corrected chi connectivity index (χ3v) is 4.37. The highest BCUT2D eigenvalue weighted by molar-refractivity contribution is 9.10. The van der Waals surface area contributed by atoms with Crippen molar-refractivity contribution in [3.8, 4) is 11.4 Å². The molecule has 0 radical (unpaired) electrons. The Kier molecular flexibility index (Phi) is 4.30. The van der Waals surface area contributed by atoms with Gasteiger partial charge in [-0.15, -0.1) is 0 Å². The standard InChI is InChI=1S/C16H13BrF4N4/c1-6(2)13-12-9(17)4-8(18)5-10(12)22-15(23-13)11-7(3)24-25-14(11)16(19,20)21/h4-6H,1-3H3,(H,24,25). The third kappa shape index (κ3) is 3.12. The van der Waals surface area contributed by atoms with Crippen LogP contribution in [0.1, 0.15) is 36.8 Å². The van der Waals surface area contributed by atoms with E-state index in [-0.39, 0.29) is 28.5 Å². The van der Waals surface area contributed by atoms with Gasteiger partial charge >= 0.3 is 6.18 Å². The fourth-order valence-corrected chi connectivity index (χ4v) is 3.28. The molecule has 3 aromatic rings. The van der Waals surface area contributed by atoms with Crippen molar-refractivity contribution in [1.82, 2.24) is 20.2 Å². The lowest BCUT2D eigenvalue weighted by atomic mass is 10.0. The van der Waals surface area contributed by atoms with Crippen LogP contribution in [-0.2, 0) is 6.18 Å². The van der Waals surface area contributed by atoms with E-state index in [1.165, 1.54) is 19.1 Å². The number of H-pyrrole nitrogens is 1. The number of aryl methyl sites for hydroxylation is 1. The number of aromatic nitrogens is 4. The molecule has 0 saturated carbocycles. The Morgan fingerprint density at radius 1 is 1.16 bits per heavy atom. The summed E-state index contributed by atoms with van der Waals surface area (Å²) < 4.78 is 54.0. The van der Waals surface area contributed by atoms with E-state index in [1.54, 1.807) is 0 Å². The molecule has 0 aliphatic heterocycles. The smallest absolute Gasteiger partial charge is 0.273 e. The van der Waals surface area contributed by atoms with E-state index in [4.69, 9.17) is 0 Å². The molecule has 0 atom stereocenters. The van der Waals surface area contributed by atoms with Crippen LogP contribution in [0.2, 0.25) is 0 Å². The highest BCUT2D eigenvalue weighted by Crippen LogP contribution is 2.38. The Bertz CT molecular complexity index is 963. The maximum Gasteiger partial charge on any atom is 0.433 e. The van der Waals surface area contributed by atoms with Crippen LogP contribution in [0.25, 0.3) is 22.3 Å². The average Bonchev–Trinajstić information content (AvgIpc) is 2.87. The van der Waals surface area contributed by atoms with Crippen LogP contribution in [0.3, 0.4) is 0 Å². The van der Waals surface area contributed by atoms with E-state index in [0.29, 0.717) is 15.6 Å². The third-order valence-electron chi connectivity index (χ3n) is 3.74. The SMILES string of the molecule is Cc1n[nH]c(C(F)(F)F)c1-c1nc(C(C)C)c2c(Br)cc(F)cc2n1. The van der Waals surface area contributed by atoms with Gasteiger partial charge in [0.2, 0.25) is 0 Å². The summed E-state index contributed by atoms with van der Waals surface area (Å²) in [5.41, 5.74) is -0.363. The molecule has 3 rings (SSSR count). The number of halogens is 5. The largest absolute Gasteiger partial charge is 0.433 e. The maximum atomic E-state index is 13.8. The normalized spacial score (nSPS) is 12.4. The van der Waals surface area contributed by atoms with Gasteiger partial charge in [-0.05, 0) is 34.8 Å². The fourth-order valence-electron chi connectivity index (χ4n) is 2.65. The molecule has 0 aliphatic rings. The molecular formula is C16H13BrF4N4. The van der Waals surface area contributed by atoms with Crippen molar-refractivity contribution in [1.29, 1.82) is 0 Å². The topological polar surface area (TPSA) is 54.5 Å². The first-order valence-electron chi connectivity index (χ1n) is 7.38. The van der Waals surface area contributed by atoms with Crippen molar-refractivity contribution < 1.29 is 17.6 Å². The average molecular weight is 417 g/mol. The molecule has 4 nitrogen and oxygen atoms in total. The summed E-state index contributed by atoms with van der Waals surface area (Å²) in [5.74, 6) is -0.779. The lowest BCUT2D eigenvalue weighted by molar-refractivity contribution is -0.140. The van der Waals surface area contributed by atoms with Crippen LogP contribution < -0.4 is 0 Å². The van der Waals surface area contributed by atoms with Gasteiger partial charge in [-0.1, -0.05) is 13.8 Å². The van der Waals surface area contributed by atoms with Gasteiger partial charge in [-0.2, -0.15) is 18.3 Å². The Morgan fingerprint density at radius 3 is 2.44 bits per heavy atom. The van der Waals surface area contributed by atoms with Crippen molar-refractivity contribution in [3.63, 3.8) is 0 Å². The lowest BCUT2D eigenvalue weighted by Gasteiger charge is -2.14. The Hall–Kier alpha value is -2.03. The second kappa shape index (κ2) is 6.05. The molecule has 0 aliphatic carbocycles. The first-order valence-corrected chi connectivity index (χ1v) is 8.18. The minimum Gasteiger partial charge on any atom is -0.273 e. The minimum atomic E-state index is -4.63. The molecule has 1 N–H and O–H groups in total. The number of aromatic amines is 1. The Morgan fingerprint density at radius 2 is 1.84 bits per heavy atom. The van der Waals surface area contributed by atoms with E-state index in [0.717, 1.165) is 0 Å². The van der Waals surface area contributed by atoms with Gasteiger partial charge in [0.25, 0.3) is 0 Å². The van der Waals surface area contributed by atoms with Crippen molar-refractivity contribution in [2.75, 3.05) is 0 Å². The van der Waals surface area contributed by atoms with Crippen LogP contribution in [0.5, 0.6) is 0 Å². The predicted molar refractivity (Wildman–Crippen MR) is 88.6 cm³/mol. The molecule has 9 heteroatoms. The number of nitrogens with zero attached hydrogens (tertiary/aromatic N) is 3. The molecule has 2 heterocycles. The van der Waals surface area contributed by atoms with Crippen LogP contribution in [-0.4, -0.2) is 20.2 Å². The molecule has 2 aromatic heterocycles. The molecule has 0 spiro atoms. The summed E-state index contributed by atoms with van der Waals surface area (Å²) in [6.07, 6.45) is -4.63. The molecule has 25 heavy (non-hydrogen) atoms. The van der Waals surface area contributed by atoms with Gasteiger partial charge in [0.05, 0.1) is 22.5 Å². The summed E-state index contributed by atoms with van der Waals surface area (Å²) in [6, 6.07) is 2.46. The zero-order chi connectivity index (χ0) is 18.5. The van der Waals surface area contributed by atoms with E-state index in [2.05, 4.69) is 31.0 Å². The molecule has 0 unspecified atom stereocenters. The monoisotopic (exact) mass is 416 g/mol. The second-order valence-corrected chi connectivity index (χ2v) is 6.78. The van der Waals surface area contributed by atoms with Crippen molar-refractivity contribution in [2.45, 2.75) is 32.9 Å². The van der Waals surface area contributed by atoms with Crippen LogP contribution in [0.4, 0.5) is 17.6 Å². The van der Waals surface area contributed by atoms with Gasteiger partial charge in [-0.25, -0.2) is 14.4 Å². The van der Waals surface area contributed by atoms with Crippen molar-refractivity contribution >= 4 is 26.8 Å². The summed E-state index contributed by atoms with van der Waals surface area (Å²) in [6.45, 7) is 5.15. The summed E-state index contributed by atoms with van der Waals surface area (Å²) in [7, 11) is 0. The lowest BCUT2D eigenvalue weighted by Crippen LogP contribution is -2.09. The quantitative estimate of drug-likeness (QED) is 0.571. The number of fused-ring (bicyclic) bond motifs is 1. The molecule has 132 valence electrons. The summed E-state index contributed by atoms with van der Waals surface area (Å²) in [4.78, 5) is 8.52. The van der Waals surface area contributed by atoms with Crippen LogP contribution >= 0.6 is 15.9 Å². The number of hydrogen-bond acceptors (Lipinski definition) is 3. The van der Waals surface area contributed by atoms with Crippen LogP contribution in [0, 0.1) is 12.7 Å². The van der Waals surface area contributed by atoms with Gasteiger partial charge in [0.1, 0.15) is 5.82 Å². The number of rotatable bonds is 2. The number of alkyl halides is 3. The molecule has 0 amide bonds. The highest BCUT2D eigenvalue weighted by Gasteiger charge is 2.38. The zero-order valence-corrected chi connectivity index (χ0v) is 15.0. The zero-order valence-electron chi connectivity index (χ0n) is 13.5. The Balaban J connectivity index is 2.38. The van der Waals surface area contributed by atoms with Crippen molar-refractivity contribution in [2.24, 2.45) is 0 Å². The van der Waals surface area contributed by atoms with E-state index >= 15 is 0 Å². The summed E-state index contributed by atoms with van der Waals surface area (Å²) >= 11 is 3.28. The molecule has 0 fully saturated rings. The maximum absolute atomic E-state index is 13.8. The first kappa shape index (κ1) is 17.8. The fraction of sp³-hybridized carbons (Fsp3) is 0.312. The molecular weight excluding hydrogens is 404 g/mol. The van der Waals surface area contributed by atoms with Gasteiger partial charge < -0.3 is 0 Å². The number of hydrogen-bond donors (Lipinski definition) is 1. The first-order chi connectivity index (χ1) is 11.6. The van der Waals surface area contributed by atoms with Gasteiger partial charge in [-0.3, -0.25) is 5.10 Å². The predicted octanol–water partition coefficient (Wildman–Crippen LogP) is 5.37. The van der Waals surface area contributed by atoms with E-state index in [1.807, 2.05) is 18.9 Å². The summed E-state index contributed by atoms with van der Waals surface area (Å²) in [5, 5.41) is 6.21. The number of nitrogens with one attached hydrogen (secondary N) is 1. The molecule has 0 saturated heterocycles.